The van der Waals surface area contributed by atoms with Crippen molar-refractivity contribution in [1.29, 1.82) is 0 Å². The third kappa shape index (κ3) is 9.76. The summed E-state index contributed by atoms with van der Waals surface area (Å²) in [7, 11) is 0. The summed E-state index contributed by atoms with van der Waals surface area (Å²) in [4.78, 5) is 27.6. The highest BCUT2D eigenvalue weighted by molar-refractivity contribution is 5.86. The second kappa shape index (κ2) is 19.1. The van der Waals surface area contributed by atoms with Gasteiger partial charge in [0.25, 0.3) is 0 Å². The summed E-state index contributed by atoms with van der Waals surface area (Å²) in [6, 6.07) is 20.3. The van der Waals surface area contributed by atoms with Crippen LogP contribution in [0.3, 0.4) is 0 Å². The van der Waals surface area contributed by atoms with Crippen LogP contribution in [0.25, 0.3) is 0 Å². The molecule has 2 aromatic rings. The van der Waals surface area contributed by atoms with Crippen LogP contribution in [0, 0.1) is 0 Å². The Balaban J connectivity index is 1.15. The number of hydrogen-bond acceptors (Lipinski definition) is 5. The molecule has 3 fully saturated rings. The quantitative estimate of drug-likeness (QED) is 0.0571. The Hall–Kier alpha value is -2.70. The molecule has 3 unspecified atom stereocenters. The molecule has 1 spiro atoms. The third-order valence-corrected chi connectivity index (χ3v) is 11.8. The van der Waals surface area contributed by atoms with E-state index in [1.54, 1.807) is 6.92 Å². The van der Waals surface area contributed by atoms with Gasteiger partial charge in [-0.05, 0) is 24.5 Å². The number of nitrogens with zero attached hydrogens (tertiary/aromatic N) is 1. The third-order valence-electron chi connectivity index (χ3n) is 11.8. The van der Waals surface area contributed by atoms with Gasteiger partial charge >= 0.3 is 11.9 Å². The van der Waals surface area contributed by atoms with Gasteiger partial charge in [-0.15, -0.1) is 0 Å². The lowest BCUT2D eigenvalue weighted by molar-refractivity contribution is -0.956. The van der Waals surface area contributed by atoms with Crippen LogP contribution in [0.5, 0.6) is 0 Å². The minimum absolute atomic E-state index is 0.141. The summed E-state index contributed by atoms with van der Waals surface area (Å²) in [5.41, 5.74) is -0.214. The molecule has 49 heavy (non-hydrogen) atoms. The van der Waals surface area contributed by atoms with E-state index in [1.807, 2.05) is 60.7 Å². The lowest BCUT2D eigenvalue weighted by Crippen LogP contribution is -2.60. The molecule has 0 saturated carbocycles. The Kier molecular flexibility index (Phi) is 14.6. The molecule has 0 aromatic heterocycles. The molecule has 0 amide bonds. The molecule has 0 aliphatic carbocycles. The maximum Gasteiger partial charge on any atom is 0.348 e. The van der Waals surface area contributed by atoms with Gasteiger partial charge in [0.15, 0.2) is 0 Å². The molecule has 2 aromatic carbocycles. The van der Waals surface area contributed by atoms with Crippen molar-refractivity contribution in [2.24, 2.45) is 0 Å². The average Bonchev–Trinajstić information content (AvgIpc) is 3.66. The predicted octanol–water partition coefficient (Wildman–Crippen LogP) is 10.2. The van der Waals surface area contributed by atoms with Crippen molar-refractivity contribution in [1.82, 2.24) is 0 Å². The fourth-order valence-electron chi connectivity index (χ4n) is 9.28. The van der Waals surface area contributed by atoms with E-state index in [-0.39, 0.29) is 12.1 Å². The highest BCUT2D eigenvalue weighted by atomic mass is 16.7. The van der Waals surface area contributed by atoms with E-state index in [0.717, 1.165) is 32.1 Å². The van der Waals surface area contributed by atoms with E-state index in [9.17, 15) is 9.59 Å². The molecule has 270 valence electrons. The zero-order valence-electron chi connectivity index (χ0n) is 30.6. The Labute approximate surface area is 296 Å². The highest BCUT2D eigenvalue weighted by Crippen LogP contribution is 2.47. The van der Waals surface area contributed by atoms with Crippen LogP contribution >= 0.6 is 0 Å². The van der Waals surface area contributed by atoms with E-state index in [4.69, 9.17) is 14.2 Å². The number of unbranched alkanes of at least 4 members (excludes halogenated alkanes) is 12. The van der Waals surface area contributed by atoms with Crippen LogP contribution < -0.4 is 0 Å². The van der Waals surface area contributed by atoms with Crippen LogP contribution in [0.15, 0.2) is 60.7 Å². The van der Waals surface area contributed by atoms with Gasteiger partial charge in [0.2, 0.25) is 11.9 Å². The Morgan fingerprint density at radius 1 is 0.714 bits per heavy atom. The first kappa shape index (κ1) is 37.6. The fraction of sp³-hybridized carbons (Fsp3) is 0.674. The average molecular weight is 675 g/mol. The molecule has 6 heteroatoms. The minimum Gasteiger partial charge on any atom is -0.459 e. The van der Waals surface area contributed by atoms with Crippen LogP contribution in [-0.4, -0.2) is 54.0 Å². The van der Waals surface area contributed by atoms with Crippen molar-refractivity contribution in [3.63, 3.8) is 0 Å². The van der Waals surface area contributed by atoms with Crippen molar-refractivity contribution in [3.05, 3.63) is 71.8 Å². The second-order valence-corrected chi connectivity index (χ2v) is 15.2. The van der Waals surface area contributed by atoms with E-state index < -0.39 is 17.9 Å². The minimum atomic E-state index is -1.56. The number of hydrogen-bond donors (Lipinski definition) is 0. The molecule has 5 rings (SSSR count). The molecular weight excluding hydrogens is 610 g/mol. The molecule has 3 saturated heterocycles. The van der Waals surface area contributed by atoms with Gasteiger partial charge in [0, 0.05) is 44.9 Å². The number of carbonyl (C=O) groups excluding carboxylic acids is 2. The lowest BCUT2D eigenvalue weighted by Gasteiger charge is -2.47. The topological polar surface area (TPSA) is 61.8 Å². The monoisotopic (exact) mass is 674 g/mol. The molecule has 6 nitrogen and oxygen atoms in total. The Bertz CT molecular complexity index is 1200. The van der Waals surface area contributed by atoms with E-state index in [0.29, 0.717) is 29.6 Å². The molecule has 2 bridgehead atoms. The lowest BCUT2D eigenvalue weighted by atomic mass is 9.85. The summed E-state index contributed by atoms with van der Waals surface area (Å²) in [6.45, 7) is 6.54. The largest absolute Gasteiger partial charge is 0.459 e. The van der Waals surface area contributed by atoms with Gasteiger partial charge in [-0.2, -0.15) is 0 Å². The first-order valence-corrected chi connectivity index (χ1v) is 20.0. The number of piperidine rings is 1. The van der Waals surface area contributed by atoms with Gasteiger partial charge in [-0.1, -0.05) is 145 Å². The summed E-state index contributed by atoms with van der Waals surface area (Å²) < 4.78 is 20.2. The molecule has 0 radical (unpaired) electrons. The molecule has 3 atom stereocenters. The van der Waals surface area contributed by atoms with Crippen molar-refractivity contribution < 1.29 is 28.3 Å². The van der Waals surface area contributed by atoms with Gasteiger partial charge < -0.3 is 18.7 Å². The van der Waals surface area contributed by atoms with Crippen molar-refractivity contribution in [2.75, 3.05) is 13.1 Å². The van der Waals surface area contributed by atoms with Crippen LogP contribution in [0.1, 0.15) is 153 Å². The number of quaternary nitrogens is 1. The second-order valence-electron chi connectivity index (χ2n) is 15.2. The molecule has 3 heterocycles. The van der Waals surface area contributed by atoms with Crippen LogP contribution in [0.4, 0.5) is 0 Å². The summed E-state index contributed by atoms with van der Waals surface area (Å²) in [5, 5.41) is 0. The number of ether oxygens (including phenoxy) is 3. The number of esters is 2. The Morgan fingerprint density at radius 3 is 1.67 bits per heavy atom. The number of benzene rings is 2. The van der Waals surface area contributed by atoms with Gasteiger partial charge in [-0.3, -0.25) is 4.79 Å². The first-order chi connectivity index (χ1) is 24.0. The van der Waals surface area contributed by atoms with Gasteiger partial charge in [-0.25, -0.2) is 4.79 Å². The van der Waals surface area contributed by atoms with Crippen molar-refractivity contribution >= 4 is 11.9 Å². The normalized spacial score (nSPS) is 21.9. The smallest absolute Gasteiger partial charge is 0.348 e. The summed E-state index contributed by atoms with van der Waals surface area (Å²) in [5.74, 6) is -0.717. The first-order valence-electron chi connectivity index (χ1n) is 20.0. The molecular formula is C43H64NO5+. The van der Waals surface area contributed by atoms with Gasteiger partial charge in [0.05, 0.1) is 25.2 Å². The maximum absolute atomic E-state index is 14.6. The van der Waals surface area contributed by atoms with Crippen molar-refractivity contribution in [2.45, 2.75) is 172 Å². The van der Waals surface area contributed by atoms with E-state index >= 15 is 0 Å². The SMILES string of the molecule is CCCCCCCCCCCCCCCC(=O)OC(C)OC(C(=O)OC1CC2CCC(C1)[N+]21CCCC1)(c1ccccc1)c1ccccc1. The summed E-state index contributed by atoms with van der Waals surface area (Å²) in [6.07, 6.45) is 22.5. The van der Waals surface area contributed by atoms with Crippen LogP contribution in [-0.2, 0) is 29.4 Å². The van der Waals surface area contributed by atoms with Gasteiger partial charge in [0.1, 0.15) is 6.10 Å². The van der Waals surface area contributed by atoms with Crippen molar-refractivity contribution in [3.8, 4) is 0 Å². The number of carbonyl (C=O) groups is 2. The summed E-state index contributed by atoms with van der Waals surface area (Å²) >= 11 is 0. The molecule has 3 aliphatic rings. The van der Waals surface area contributed by atoms with E-state index in [1.165, 1.54) is 107 Å². The fourth-order valence-corrected chi connectivity index (χ4v) is 9.28. The standard InChI is InChI=1S/C43H64NO5/c1-3-4-5-6-7-8-9-10-11-12-13-14-21-28-41(45)47-35(2)49-43(36-24-17-15-18-25-36,37-26-19-16-20-27-37)42(46)48-40-33-38-29-30-39(34-40)44(38)31-22-23-32-44/h15-20,24-27,35,38-40H,3-14,21-23,28-34H2,1-2H3/q+1. The predicted molar refractivity (Wildman–Crippen MR) is 196 cm³/mol. The number of rotatable bonds is 21. The van der Waals surface area contributed by atoms with E-state index in [2.05, 4.69) is 6.92 Å². The Morgan fingerprint density at radius 2 is 1.18 bits per heavy atom. The zero-order valence-corrected chi connectivity index (χ0v) is 30.6. The zero-order chi connectivity index (χ0) is 34.4. The highest BCUT2D eigenvalue weighted by Gasteiger charge is 2.57. The molecule has 0 N–H and O–H groups in total. The molecule has 3 aliphatic heterocycles. The van der Waals surface area contributed by atoms with Crippen LogP contribution in [0.2, 0.25) is 0 Å². The maximum atomic E-state index is 14.6.